The van der Waals surface area contributed by atoms with Crippen LogP contribution in [0, 0.1) is 26.3 Å². The average Bonchev–Trinajstić information content (AvgIpc) is 2.72. The van der Waals surface area contributed by atoms with E-state index in [2.05, 4.69) is 16.7 Å². The van der Waals surface area contributed by atoms with Crippen LogP contribution in [0.25, 0.3) is 0 Å². The number of hydrogen-bond donors (Lipinski definition) is 2. The Hall–Kier alpha value is -3.50. The lowest BCUT2D eigenvalue weighted by Crippen LogP contribution is -2.44. The third-order valence-electron chi connectivity index (χ3n) is 4.56. The fraction of sp³-hybridized carbons (Fsp3) is 0.320. The smallest absolute Gasteiger partial charge is 0.408 e. The Morgan fingerprint density at radius 3 is 2.30 bits per heavy atom. The molecule has 0 bridgehead atoms. The van der Waals surface area contributed by atoms with E-state index in [4.69, 9.17) is 22.8 Å². The molecule has 0 aliphatic carbocycles. The Balaban J connectivity index is 2.32. The van der Waals surface area contributed by atoms with Crippen LogP contribution in [0.1, 0.15) is 43.5 Å². The van der Waals surface area contributed by atoms with Crippen LogP contribution in [0.3, 0.4) is 0 Å². The van der Waals surface area contributed by atoms with Crippen molar-refractivity contribution in [1.82, 2.24) is 10.2 Å². The number of carbonyl (C=O) groups excluding carboxylic acids is 3. The number of benzene rings is 2. The number of para-hydroxylation sites is 1. The molecule has 7 nitrogen and oxygen atoms in total. The summed E-state index contributed by atoms with van der Waals surface area (Å²) >= 11 is 6.26. The van der Waals surface area contributed by atoms with E-state index in [0.717, 1.165) is 16.0 Å². The van der Waals surface area contributed by atoms with Gasteiger partial charge < -0.3 is 15.4 Å². The van der Waals surface area contributed by atoms with E-state index in [1.165, 1.54) is 0 Å². The SMILES string of the molecule is C#CN(C(=O)CNC(=O)OC(C)(C)C)C(C(=O)Nc1c(C)cccc1Cl)c1ccc(C)cc1. The van der Waals surface area contributed by atoms with Crippen LogP contribution < -0.4 is 10.6 Å². The van der Waals surface area contributed by atoms with Crippen molar-refractivity contribution in [3.05, 3.63) is 64.2 Å². The van der Waals surface area contributed by atoms with Gasteiger partial charge in [0.2, 0.25) is 0 Å². The summed E-state index contributed by atoms with van der Waals surface area (Å²) in [6.07, 6.45) is 4.88. The second-order valence-electron chi connectivity index (χ2n) is 8.48. The Labute approximate surface area is 199 Å². The fourth-order valence-electron chi connectivity index (χ4n) is 2.99. The van der Waals surface area contributed by atoms with Gasteiger partial charge in [-0.1, -0.05) is 60.0 Å². The summed E-state index contributed by atoms with van der Waals surface area (Å²) in [5, 5.41) is 5.52. The number of anilines is 1. The summed E-state index contributed by atoms with van der Waals surface area (Å²) in [5.41, 5.74) is 1.94. The Kier molecular flexibility index (Phi) is 8.50. The van der Waals surface area contributed by atoms with E-state index < -0.39 is 36.1 Å². The highest BCUT2D eigenvalue weighted by Crippen LogP contribution is 2.29. The molecule has 0 fully saturated rings. The van der Waals surface area contributed by atoms with Gasteiger partial charge in [-0.05, 0) is 51.8 Å². The van der Waals surface area contributed by atoms with Gasteiger partial charge in [-0.25, -0.2) is 4.79 Å². The van der Waals surface area contributed by atoms with Gasteiger partial charge in [-0.3, -0.25) is 14.5 Å². The van der Waals surface area contributed by atoms with E-state index in [1.807, 2.05) is 19.1 Å². The molecule has 1 atom stereocenters. The molecule has 2 aromatic rings. The number of nitrogens with zero attached hydrogens (tertiary/aromatic N) is 1. The molecule has 33 heavy (non-hydrogen) atoms. The maximum Gasteiger partial charge on any atom is 0.408 e. The van der Waals surface area contributed by atoms with E-state index in [0.29, 0.717) is 16.3 Å². The Bertz CT molecular complexity index is 1050. The number of terminal acetylenes is 1. The van der Waals surface area contributed by atoms with Gasteiger partial charge in [0, 0.05) is 6.04 Å². The first kappa shape index (κ1) is 25.8. The molecule has 0 radical (unpaired) electrons. The number of halogens is 1. The number of ether oxygens (including phenoxy) is 1. The zero-order valence-electron chi connectivity index (χ0n) is 19.4. The topological polar surface area (TPSA) is 87.7 Å². The van der Waals surface area contributed by atoms with Gasteiger partial charge >= 0.3 is 6.09 Å². The largest absolute Gasteiger partial charge is 0.444 e. The molecule has 0 aliphatic heterocycles. The first-order valence-electron chi connectivity index (χ1n) is 10.3. The molecule has 0 saturated carbocycles. The van der Waals surface area contributed by atoms with Crippen molar-refractivity contribution in [3.8, 4) is 12.5 Å². The van der Waals surface area contributed by atoms with Crippen LogP contribution in [0.15, 0.2) is 42.5 Å². The molecule has 1 unspecified atom stereocenters. The fourth-order valence-corrected chi connectivity index (χ4v) is 3.25. The molecular weight excluding hydrogens is 442 g/mol. The first-order valence-corrected chi connectivity index (χ1v) is 10.7. The maximum atomic E-state index is 13.4. The normalized spacial score (nSPS) is 11.7. The summed E-state index contributed by atoms with van der Waals surface area (Å²) in [4.78, 5) is 39.2. The second kappa shape index (κ2) is 10.9. The van der Waals surface area contributed by atoms with E-state index in [9.17, 15) is 14.4 Å². The minimum Gasteiger partial charge on any atom is -0.444 e. The highest BCUT2D eigenvalue weighted by atomic mass is 35.5. The van der Waals surface area contributed by atoms with Crippen molar-refractivity contribution in [3.63, 3.8) is 0 Å². The lowest BCUT2D eigenvalue weighted by atomic mass is 10.0. The van der Waals surface area contributed by atoms with Crippen LogP contribution >= 0.6 is 11.6 Å². The quantitative estimate of drug-likeness (QED) is 0.478. The number of nitrogens with one attached hydrogen (secondary N) is 2. The lowest BCUT2D eigenvalue weighted by molar-refractivity contribution is -0.134. The summed E-state index contributed by atoms with van der Waals surface area (Å²) in [6.45, 7) is 8.38. The minimum absolute atomic E-state index is 0.358. The van der Waals surface area contributed by atoms with Crippen LogP contribution in [0.5, 0.6) is 0 Å². The first-order chi connectivity index (χ1) is 15.4. The van der Waals surface area contributed by atoms with Gasteiger partial charge in [-0.2, -0.15) is 0 Å². The summed E-state index contributed by atoms with van der Waals surface area (Å²) in [6, 6.07) is 13.4. The number of alkyl carbamates (subject to hydrolysis) is 1. The van der Waals surface area contributed by atoms with Crippen molar-refractivity contribution in [2.75, 3.05) is 11.9 Å². The van der Waals surface area contributed by atoms with Crippen molar-refractivity contribution in [1.29, 1.82) is 0 Å². The predicted molar refractivity (Wildman–Crippen MR) is 129 cm³/mol. The molecule has 2 aromatic carbocycles. The molecule has 0 aliphatic rings. The van der Waals surface area contributed by atoms with E-state index in [-0.39, 0.29) is 0 Å². The summed E-state index contributed by atoms with van der Waals surface area (Å²) in [7, 11) is 0. The minimum atomic E-state index is -1.15. The lowest BCUT2D eigenvalue weighted by Gasteiger charge is -2.27. The third-order valence-corrected chi connectivity index (χ3v) is 4.88. The number of amides is 3. The van der Waals surface area contributed by atoms with E-state index >= 15 is 0 Å². The molecule has 174 valence electrons. The number of aryl methyl sites for hydroxylation is 2. The molecule has 0 spiro atoms. The molecule has 0 aromatic heterocycles. The molecule has 2 N–H and O–H groups in total. The Morgan fingerprint density at radius 2 is 1.76 bits per heavy atom. The molecule has 0 heterocycles. The predicted octanol–water partition coefficient (Wildman–Crippen LogP) is 4.58. The molecule has 8 heteroatoms. The molecule has 0 saturated heterocycles. The number of carbonyl (C=O) groups is 3. The van der Waals surface area contributed by atoms with Crippen LogP contribution in [-0.2, 0) is 14.3 Å². The van der Waals surface area contributed by atoms with Crippen LogP contribution in [-0.4, -0.2) is 35.0 Å². The molecule has 3 amide bonds. The van der Waals surface area contributed by atoms with Crippen molar-refractivity contribution in [2.24, 2.45) is 0 Å². The van der Waals surface area contributed by atoms with Crippen LogP contribution in [0.4, 0.5) is 10.5 Å². The van der Waals surface area contributed by atoms with Crippen molar-refractivity contribution < 1.29 is 19.1 Å². The summed E-state index contributed by atoms with van der Waals surface area (Å²) < 4.78 is 5.15. The monoisotopic (exact) mass is 469 g/mol. The number of hydrogen-bond acceptors (Lipinski definition) is 4. The second-order valence-corrected chi connectivity index (χ2v) is 8.89. The van der Waals surface area contributed by atoms with Gasteiger partial charge in [0.15, 0.2) is 0 Å². The van der Waals surface area contributed by atoms with Gasteiger partial charge in [0.05, 0.1) is 10.7 Å². The number of rotatable bonds is 6. The maximum absolute atomic E-state index is 13.4. The van der Waals surface area contributed by atoms with E-state index in [1.54, 1.807) is 58.0 Å². The standard InChI is InChI=1S/C25H28ClN3O4/c1-7-29(20(30)15-27-24(32)33-25(4,5)6)22(18-13-11-16(2)12-14-18)23(31)28-21-17(3)9-8-10-19(21)26/h1,8-14,22H,15H2,2-6H3,(H,27,32)(H,28,31). The highest BCUT2D eigenvalue weighted by molar-refractivity contribution is 6.34. The van der Waals surface area contributed by atoms with Crippen molar-refractivity contribution >= 4 is 35.2 Å². The van der Waals surface area contributed by atoms with Crippen LogP contribution in [0.2, 0.25) is 5.02 Å². The zero-order valence-corrected chi connectivity index (χ0v) is 20.1. The Morgan fingerprint density at radius 1 is 1.12 bits per heavy atom. The highest BCUT2D eigenvalue weighted by Gasteiger charge is 2.32. The van der Waals surface area contributed by atoms with Crippen molar-refractivity contribution in [2.45, 2.75) is 46.3 Å². The molecule has 2 rings (SSSR count). The van der Waals surface area contributed by atoms with Gasteiger partial charge in [-0.15, -0.1) is 0 Å². The van der Waals surface area contributed by atoms with Gasteiger partial charge in [0.1, 0.15) is 18.2 Å². The molecular formula is C25H28ClN3O4. The van der Waals surface area contributed by atoms with Gasteiger partial charge in [0.25, 0.3) is 11.8 Å². The summed E-state index contributed by atoms with van der Waals surface area (Å²) in [5.74, 6) is -1.20. The zero-order chi connectivity index (χ0) is 24.8. The third kappa shape index (κ3) is 7.26. The average molecular weight is 470 g/mol.